The van der Waals surface area contributed by atoms with Gasteiger partial charge in [-0.1, -0.05) is 62.0 Å². The third kappa shape index (κ3) is 7.45. The van der Waals surface area contributed by atoms with Gasteiger partial charge in [0.1, 0.15) is 12.1 Å². The number of halogens is 4. The molecule has 5 rings (SSSR count). The van der Waals surface area contributed by atoms with Crippen LogP contribution in [0, 0.1) is 6.92 Å². The number of aromatic nitrogens is 3. The molecule has 1 aliphatic rings. The molecule has 1 unspecified atom stereocenters. The Morgan fingerprint density at radius 2 is 1.78 bits per heavy atom. The van der Waals surface area contributed by atoms with Crippen LogP contribution >= 0.6 is 11.8 Å². The molecule has 0 N–H and O–H groups in total. The first kappa shape index (κ1) is 31.6. The first-order valence-electron chi connectivity index (χ1n) is 13.6. The summed E-state index contributed by atoms with van der Waals surface area (Å²) >= 11 is 1.12. The van der Waals surface area contributed by atoms with E-state index < -0.39 is 18.6 Å². The Bertz CT molecular complexity index is 1770. The van der Waals surface area contributed by atoms with E-state index in [1.54, 1.807) is 12.1 Å². The fourth-order valence-electron chi connectivity index (χ4n) is 4.76. The lowest BCUT2D eigenvalue weighted by Gasteiger charge is -2.23. The number of nitrogens with zero attached hydrogens (tertiary/aromatic N) is 6. The van der Waals surface area contributed by atoms with Crippen molar-refractivity contribution in [1.29, 1.82) is 0 Å². The maximum atomic E-state index is 15.0. The minimum Gasteiger partial charge on any atom is -0.406 e. The fraction of sp³-hybridized carbons (Fsp3) is 0.226. The Kier molecular flexibility index (Phi) is 9.14. The molecule has 0 aliphatic carbocycles. The van der Waals surface area contributed by atoms with Crippen molar-refractivity contribution in [1.82, 2.24) is 14.8 Å². The lowest BCUT2D eigenvalue weighted by molar-refractivity contribution is -0.274. The number of rotatable bonds is 7. The lowest BCUT2D eigenvalue weighted by Crippen LogP contribution is -2.31. The fourth-order valence-corrected chi connectivity index (χ4v) is 5.61. The zero-order valence-corrected chi connectivity index (χ0v) is 25.0. The van der Waals surface area contributed by atoms with E-state index in [2.05, 4.69) is 24.8 Å². The predicted molar refractivity (Wildman–Crippen MR) is 164 cm³/mol. The number of hydrogen-bond acceptors (Lipinski definition) is 6. The number of urea groups is 1. The summed E-state index contributed by atoms with van der Waals surface area (Å²) in [6.07, 6.45) is -4.27. The van der Waals surface area contributed by atoms with Gasteiger partial charge in [-0.2, -0.15) is 4.99 Å². The van der Waals surface area contributed by atoms with Crippen LogP contribution in [-0.2, 0) is 4.79 Å². The number of aryl methyl sites for hydroxylation is 1. The Balaban J connectivity index is 1.25. The summed E-state index contributed by atoms with van der Waals surface area (Å²) in [7, 11) is 0. The quantitative estimate of drug-likeness (QED) is 0.153. The summed E-state index contributed by atoms with van der Waals surface area (Å²) in [6.45, 7) is 6.00. The van der Waals surface area contributed by atoms with E-state index in [9.17, 15) is 27.2 Å². The normalized spacial score (nSPS) is 15.4. The van der Waals surface area contributed by atoms with Crippen LogP contribution < -0.4 is 9.64 Å². The smallest absolute Gasteiger partial charge is 0.406 e. The van der Waals surface area contributed by atoms with Gasteiger partial charge in [-0.3, -0.25) is 9.69 Å². The van der Waals surface area contributed by atoms with E-state index >= 15 is 0 Å². The first-order chi connectivity index (χ1) is 21.4. The van der Waals surface area contributed by atoms with Crippen LogP contribution in [0.25, 0.3) is 17.1 Å². The van der Waals surface area contributed by atoms with E-state index in [0.29, 0.717) is 22.8 Å². The second-order valence-corrected chi connectivity index (χ2v) is 11.2. The molecule has 0 saturated carbocycles. The number of thioether (sulfide) groups is 1. The van der Waals surface area contributed by atoms with Crippen molar-refractivity contribution in [3.63, 3.8) is 0 Å². The zero-order chi connectivity index (χ0) is 32.3. The van der Waals surface area contributed by atoms with Gasteiger partial charge in [-0.15, -0.1) is 18.3 Å². The van der Waals surface area contributed by atoms with Crippen molar-refractivity contribution in [2.75, 3.05) is 10.7 Å². The molecule has 1 atom stereocenters. The van der Waals surface area contributed by atoms with Crippen molar-refractivity contribution in [3.8, 4) is 22.8 Å². The van der Waals surface area contributed by atoms with E-state index in [4.69, 9.17) is 0 Å². The molecule has 45 heavy (non-hydrogen) atoms. The molecule has 14 heteroatoms. The van der Waals surface area contributed by atoms with Crippen LogP contribution in [-0.4, -0.2) is 50.2 Å². The molecular formula is C31H26F4N6O3S. The van der Waals surface area contributed by atoms with Crippen molar-refractivity contribution in [2.24, 2.45) is 9.98 Å². The van der Waals surface area contributed by atoms with Crippen molar-refractivity contribution >= 4 is 40.8 Å². The topological polar surface area (TPSA) is 102 Å². The maximum Gasteiger partial charge on any atom is 0.573 e. The van der Waals surface area contributed by atoms with Crippen LogP contribution in [0.15, 0.2) is 83.0 Å². The summed E-state index contributed by atoms with van der Waals surface area (Å²) in [5.74, 6) is -0.0240. The van der Waals surface area contributed by atoms with Gasteiger partial charge < -0.3 is 4.74 Å². The summed E-state index contributed by atoms with van der Waals surface area (Å²) in [5, 5.41) is 4.51. The number of ether oxygens (including phenoxy) is 1. The number of carbonyl (C=O) groups is 2. The van der Waals surface area contributed by atoms with E-state index in [0.717, 1.165) is 41.2 Å². The summed E-state index contributed by atoms with van der Waals surface area (Å²) in [6, 6.07) is 15.9. The molecule has 0 bridgehead atoms. The number of amides is 3. The van der Waals surface area contributed by atoms with Gasteiger partial charge in [-0.25, -0.2) is 23.8 Å². The van der Waals surface area contributed by atoms with E-state index in [1.165, 1.54) is 40.2 Å². The monoisotopic (exact) mass is 638 g/mol. The largest absolute Gasteiger partial charge is 0.573 e. The molecule has 3 amide bonds. The number of benzene rings is 3. The number of amidine groups is 1. The molecule has 3 aromatic carbocycles. The second kappa shape index (κ2) is 13.0. The van der Waals surface area contributed by atoms with Gasteiger partial charge in [0, 0.05) is 11.8 Å². The third-order valence-electron chi connectivity index (χ3n) is 6.71. The van der Waals surface area contributed by atoms with Crippen molar-refractivity contribution < 1.29 is 31.9 Å². The second-order valence-electron chi connectivity index (χ2n) is 10.2. The van der Waals surface area contributed by atoms with Gasteiger partial charge in [0.15, 0.2) is 17.2 Å². The van der Waals surface area contributed by atoms with Gasteiger partial charge >= 0.3 is 12.4 Å². The average molecular weight is 639 g/mol. The zero-order valence-electron chi connectivity index (χ0n) is 24.2. The number of aliphatic imine (C=N–C) groups is 2. The van der Waals surface area contributed by atoms with Gasteiger partial charge in [0.2, 0.25) is 5.91 Å². The highest BCUT2D eigenvalue weighted by Gasteiger charge is 2.33. The molecule has 1 saturated heterocycles. The number of hydrogen-bond donors (Lipinski definition) is 0. The average Bonchev–Trinajstić information content (AvgIpc) is 3.62. The van der Waals surface area contributed by atoms with Crippen LogP contribution in [0.1, 0.15) is 42.6 Å². The molecule has 232 valence electrons. The highest BCUT2D eigenvalue weighted by atomic mass is 32.2. The minimum atomic E-state index is -4.79. The molecule has 1 aromatic heterocycles. The lowest BCUT2D eigenvalue weighted by atomic mass is 9.95. The Morgan fingerprint density at radius 3 is 2.44 bits per heavy atom. The molecule has 4 aromatic rings. The SMILES string of the molecule is Cc1cccc(N2C(=O)CSC2=NC(=O)N=CC(F)c2ccc(-c3ncn(-c4ccc(OC(F)(F)F)cc4)n3)cc2)c1C(C)C. The van der Waals surface area contributed by atoms with Crippen LogP contribution in [0.3, 0.4) is 0 Å². The molecule has 1 fully saturated rings. The standard InChI is InChI=1S/C31H26F4N6O3S/c1-18(2)27-19(3)5-4-6-25(27)41-26(42)16-45-30(41)38-29(43)36-15-24(32)20-7-9-21(10-8-20)28-37-17-40(39-28)22-11-13-23(14-12-22)44-31(33,34)35/h4-15,17-18,24H,16H2,1-3H3. The van der Waals surface area contributed by atoms with Gasteiger partial charge in [-0.05, 0) is 59.9 Å². The number of carbonyl (C=O) groups excluding carboxylic acids is 2. The van der Waals surface area contributed by atoms with Gasteiger partial charge in [0.05, 0.1) is 17.1 Å². The predicted octanol–water partition coefficient (Wildman–Crippen LogP) is 7.60. The number of alkyl halides is 4. The van der Waals surface area contributed by atoms with Crippen molar-refractivity contribution in [2.45, 2.75) is 39.2 Å². The molecule has 0 spiro atoms. The summed E-state index contributed by atoms with van der Waals surface area (Å²) in [5.41, 5.74) is 3.87. The molecular weight excluding hydrogens is 612 g/mol. The summed E-state index contributed by atoms with van der Waals surface area (Å²) < 4.78 is 57.4. The van der Waals surface area contributed by atoms with Crippen LogP contribution in [0.4, 0.5) is 28.0 Å². The van der Waals surface area contributed by atoms with Crippen molar-refractivity contribution in [3.05, 3.63) is 89.7 Å². The Morgan fingerprint density at radius 1 is 1.07 bits per heavy atom. The van der Waals surface area contributed by atoms with Crippen LogP contribution in [0.5, 0.6) is 5.75 Å². The molecule has 1 aliphatic heterocycles. The summed E-state index contributed by atoms with van der Waals surface area (Å²) in [4.78, 5) is 38.6. The van der Waals surface area contributed by atoms with E-state index in [-0.39, 0.29) is 34.1 Å². The van der Waals surface area contributed by atoms with Crippen LogP contribution in [0.2, 0.25) is 0 Å². The number of anilines is 1. The maximum absolute atomic E-state index is 15.0. The first-order valence-corrected chi connectivity index (χ1v) is 14.6. The van der Waals surface area contributed by atoms with Gasteiger partial charge in [0.25, 0.3) is 0 Å². The molecule has 2 heterocycles. The van der Waals surface area contributed by atoms with E-state index in [1.807, 2.05) is 39.0 Å². The molecule has 9 nitrogen and oxygen atoms in total. The Labute approximate surface area is 259 Å². The minimum absolute atomic E-state index is 0.121. The highest BCUT2D eigenvalue weighted by Crippen LogP contribution is 2.35. The third-order valence-corrected chi connectivity index (χ3v) is 7.63. The highest BCUT2D eigenvalue weighted by molar-refractivity contribution is 8.15. The Hall–Kier alpha value is -4.85. The molecule has 0 radical (unpaired) electrons.